The molecule has 1 heterocycles. The third kappa shape index (κ3) is 4.61. The number of nitrogens with one attached hydrogen (secondary N) is 2. The number of pyridine rings is 1. The highest BCUT2D eigenvalue weighted by atomic mass is 16.5. The number of aryl methyl sites for hydroxylation is 1. The second kappa shape index (κ2) is 8.31. The maximum Gasteiger partial charge on any atom is 0.262 e. The van der Waals surface area contributed by atoms with Crippen molar-refractivity contribution < 1.29 is 14.3 Å². The van der Waals surface area contributed by atoms with Gasteiger partial charge in [-0.1, -0.05) is 24.3 Å². The highest BCUT2D eigenvalue weighted by Gasteiger charge is 2.09. The molecule has 6 heteroatoms. The van der Waals surface area contributed by atoms with Gasteiger partial charge in [0.05, 0.1) is 0 Å². The van der Waals surface area contributed by atoms with Crippen LogP contribution in [0.2, 0.25) is 0 Å². The van der Waals surface area contributed by atoms with E-state index in [-0.39, 0.29) is 18.4 Å². The molecule has 0 fully saturated rings. The minimum absolute atomic E-state index is 0.153. The zero-order valence-corrected chi connectivity index (χ0v) is 15.3. The Morgan fingerprint density at radius 2 is 1.89 bits per heavy atom. The first kappa shape index (κ1) is 18.4. The number of aromatic nitrogens is 1. The first-order valence-electron chi connectivity index (χ1n) is 8.74. The number of benzene rings is 2. The van der Waals surface area contributed by atoms with Gasteiger partial charge in [0.15, 0.2) is 6.61 Å². The summed E-state index contributed by atoms with van der Waals surface area (Å²) < 4.78 is 5.67. The lowest BCUT2D eigenvalue weighted by molar-refractivity contribution is -0.118. The molecule has 2 N–H and O–H groups in total. The fraction of sp³-hybridized carbons (Fsp3) is 0.190. The molecule has 138 valence electrons. The summed E-state index contributed by atoms with van der Waals surface area (Å²) in [6.07, 6.45) is 0. The predicted molar refractivity (Wildman–Crippen MR) is 105 cm³/mol. The van der Waals surface area contributed by atoms with Gasteiger partial charge in [-0.25, -0.2) is 4.98 Å². The predicted octanol–water partition coefficient (Wildman–Crippen LogP) is 3.31. The molecule has 0 atom stereocenters. The minimum atomic E-state index is -0.312. The molecule has 0 aliphatic heterocycles. The Morgan fingerprint density at radius 3 is 2.70 bits per heavy atom. The Balaban J connectivity index is 1.66. The van der Waals surface area contributed by atoms with Crippen LogP contribution in [0.5, 0.6) is 5.75 Å². The van der Waals surface area contributed by atoms with Crippen molar-refractivity contribution in [3.8, 4) is 5.75 Å². The number of rotatable bonds is 6. The van der Waals surface area contributed by atoms with Crippen LogP contribution >= 0.6 is 0 Å². The van der Waals surface area contributed by atoms with Crippen molar-refractivity contribution in [1.29, 1.82) is 0 Å². The number of hydrogen-bond acceptors (Lipinski definition) is 4. The smallest absolute Gasteiger partial charge is 0.262 e. The number of carbonyl (C=O) groups is 2. The molecule has 0 unspecified atom stereocenters. The standard InChI is InChI=1S/C21H21N3O3/c1-3-22-21(26)16-7-4-8-17(12-16)24-19(25)13-27-18-9-5-6-15-11-10-14(2)23-20(15)18/h4-12H,3,13H2,1-2H3,(H,22,26)(H,24,25). The summed E-state index contributed by atoms with van der Waals surface area (Å²) in [5.74, 6) is 0.0668. The summed E-state index contributed by atoms with van der Waals surface area (Å²) in [7, 11) is 0. The molecule has 1 aromatic heterocycles. The van der Waals surface area contributed by atoms with Gasteiger partial charge in [-0.2, -0.15) is 0 Å². The van der Waals surface area contributed by atoms with Crippen LogP contribution < -0.4 is 15.4 Å². The van der Waals surface area contributed by atoms with Crippen molar-refractivity contribution in [2.75, 3.05) is 18.5 Å². The molecular formula is C21H21N3O3. The number of nitrogens with zero attached hydrogens (tertiary/aromatic N) is 1. The van der Waals surface area contributed by atoms with Crippen molar-refractivity contribution >= 4 is 28.4 Å². The van der Waals surface area contributed by atoms with E-state index in [0.29, 0.717) is 23.5 Å². The summed E-state index contributed by atoms with van der Waals surface area (Å²) in [4.78, 5) is 28.6. The minimum Gasteiger partial charge on any atom is -0.481 e. The summed E-state index contributed by atoms with van der Waals surface area (Å²) in [6, 6.07) is 16.3. The summed E-state index contributed by atoms with van der Waals surface area (Å²) >= 11 is 0. The first-order chi connectivity index (χ1) is 13.1. The van der Waals surface area contributed by atoms with Crippen LogP contribution in [0.4, 0.5) is 5.69 Å². The van der Waals surface area contributed by atoms with Crippen LogP contribution in [0, 0.1) is 6.92 Å². The molecule has 0 spiro atoms. The average Bonchev–Trinajstić information content (AvgIpc) is 2.66. The van der Waals surface area contributed by atoms with Gasteiger partial charge >= 0.3 is 0 Å². The van der Waals surface area contributed by atoms with Gasteiger partial charge in [0.2, 0.25) is 0 Å². The van der Waals surface area contributed by atoms with Crippen molar-refractivity contribution in [2.24, 2.45) is 0 Å². The van der Waals surface area contributed by atoms with E-state index in [1.807, 2.05) is 38.1 Å². The Bertz CT molecular complexity index is 985. The van der Waals surface area contributed by atoms with Crippen LogP contribution in [0.1, 0.15) is 23.0 Å². The lowest BCUT2D eigenvalue weighted by Crippen LogP contribution is -2.23. The molecule has 2 aromatic carbocycles. The maximum atomic E-state index is 12.2. The Labute approximate surface area is 157 Å². The molecule has 0 bridgehead atoms. The fourth-order valence-electron chi connectivity index (χ4n) is 2.68. The molecule has 6 nitrogen and oxygen atoms in total. The Hall–Kier alpha value is -3.41. The number of ether oxygens (including phenoxy) is 1. The van der Waals surface area contributed by atoms with Gasteiger partial charge in [0.1, 0.15) is 11.3 Å². The van der Waals surface area contributed by atoms with Gasteiger partial charge in [0.25, 0.3) is 11.8 Å². The van der Waals surface area contributed by atoms with Gasteiger partial charge in [-0.05, 0) is 44.2 Å². The van der Waals surface area contributed by atoms with Crippen LogP contribution in [-0.2, 0) is 4.79 Å². The average molecular weight is 363 g/mol. The van der Waals surface area contributed by atoms with Crippen molar-refractivity contribution in [1.82, 2.24) is 10.3 Å². The van der Waals surface area contributed by atoms with Crippen LogP contribution in [0.15, 0.2) is 54.6 Å². The SMILES string of the molecule is CCNC(=O)c1cccc(NC(=O)COc2cccc3ccc(C)nc23)c1. The number of carbonyl (C=O) groups excluding carboxylic acids is 2. The Kier molecular flexibility index (Phi) is 5.66. The molecule has 27 heavy (non-hydrogen) atoms. The lowest BCUT2D eigenvalue weighted by atomic mass is 10.2. The number of fused-ring (bicyclic) bond motifs is 1. The summed E-state index contributed by atoms with van der Waals surface area (Å²) in [5, 5.41) is 6.42. The number of amides is 2. The van der Waals surface area contributed by atoms with Gasteiger partial charge in [-0.3, -0.25) is 9.59 Å². The third-order valence-electron chi connectivity index (χ3n) is 3.93. The fourth-order valence-corrected chi connectivity index (χ4v) is 2.68. The van der Waals surface area contributed by atoms with Crippen molar-refractivity contribution in [3.05, 3.63) is 65.9 Å². The molecule has 0 saturated carbocycles. The van der Waals surface area contributed by atoms with Gasteiger partial charge < -0.3 is 15.4 Å². The third-order valence-corrected chi connectivity index (χ3v) is 3.93. The normalized spacial score (nSPS) is 10.4. The van der Waals surface area contributed by atoms with E-state index in [4.69, 9.17) is 4.74 Å². The van der Waals surface area contributed by atoms with E-state index in [2.05, 4.69) is 15.6 Å². The lowest BCUT2D eigenvalue weighted by Gasteiger charge is -2.10. The van der Waals surface area contributed by atoms with Gasteiger partial charge in [-0.15, -0.1) is 0 Å². The quantitative estimate of drug-likeness (QED) is 0.704. The molecular weight excluding hydrogens is 342 g/mol. The van der Waals surface area contributed by atoms with E-state index in [1.165, 1.54) is 0 Å². The zero-order chi connectivity index (χ0) is 19.2. The maximum absolute atomic E-state index is 12.2. The van der Waals surface area contributed by atoms with Crippen LogP contribution in [-0.4, -0.2) is 29.9 Å². The Morgan fingerprint density at radius 1 is 1.07 bits per heavy atom. The van der Waals surface area contributed by atoms with Crippen molar-refractivity contribution in [3.63, 3.8) is 0 Å². The first-order valence-corrected chi connectivity index (χ1v) is 8.74. The van der Waals surface area contributed by atoms with E-state index in [0.717, 1.165) is 16.6 Å². The second-order valence-corrected chi connectivity index (χ2v) is 6.06. The number of anilines is 1. The van der Waals surface area contributed by atoms with E-state index < -0.39 is 0 Å². The number of hydrogen-bond donors (Lipinski definition) is 2. The molecule has 0 aliphatic carbocycles. The topological polar surface area (TPSA) is 80.3 Å². The largest absolute Gasteiger partial charge is 0.481 e. The molecule has 2 amide bonds. The highest BCUT2D eigenvalue weighted by molar-refractivity contribution is 5.97. The van der Waals surface area contributed by atoms with E-state index >= 15 is 0 Å². The summed E-state index contributed by atoms with van der Waals surface area (Å²) in [6.45, 7) is 4.15. The van der Waals surface area contributed by atoms with E-state index in [9.17, 15) is 9.59 Å². The summed E-state index contributed by atoms with van der Waals surface area (Å²) in [5.41, 5.74) is 2.64. The molecule has 0 saturated heterocycles. The second-order valence-electron chi connectivity index (χ2n) is 6.06. The number of para-hydroxylation sites is 1. The van der Waals surface area contributed by atoms with Crippen LogP contribution in [0.3, 0.4) is 0 Å². The van der Waals surface area contributed by atoms with Crippen LogP contribution in [0.25, 0.3) is 10.9 Å². The molecule has 0 radical (unpaired) electrons. The van der Waals surface area contributed by atoms with E-state index in [1.54, 1.807) is 30.3 Å². The molecule has 3 aromatic rings. The van der Waals surface area contributed by atoms with Gasteiger partial charge in [0, 0.05) is 28.9 Å². The molecule has 3 rings (SSSR count). The zero-order valence-electron chi connectivity index (χ0n) is 15.3. The molecule has 0 aliphatic rings. The highest BCUT2D eigenvalue weighted by Crippen LogP contribution is 2.24. The monoisotopic (exact) mass is 363 g/mol. The van der Waals surface area contributed by atoms with Crippen molar-refractivity contribution in [2.45, 2.75) is 13.8 Å².